The fraction of sp³-hybridized carbons (Fsp3) is 0.694. The Morgan fingerprint density at radius 3 is 0.769 bits per heavy atom. The van der Waals surface area contributed by atoms with Crippen molar-refractivity contribution in [2.75, 3.05) is 39.6 Å². The summed E-state index contributed by atoms with van der Waals surface area (Å²) in [7, 11) is -9.97. The first kappa shape index (κ1) is 99.2. The van der Waals surface area contributed by atoms with Gasteiger partial charge in [-0.05, 0) is 135 Å². The molecule has 0 saturated carbocycles. The van der Waals surface area contributed by atoms with Crippen molar-refractivity contribution in [2.24, 2.45) is 0 Å². The lowest BCUT2D eigenvalue weighted by Crippen LogP contribution is -2.30. The monoisotopic (exact) mass is 1500 g/mol. The number of carbonyl (C=O) groups is 4. The molecule has 596 valence electrons. The van der Waals surface area contributed by atoms with Gasteiger partial charge in [0.1, 0.15) is 19.3 Å². The van der Waals surface area contributed by atoms with E-state index in [2.05, 4.69) is 161 Å². The van der Waals surface area contributed by atoms with E-state index >= 15 is 0 Å². The molecule has 0 aromatic carbocycles. The van der Waals surface area contributed by atoms with Crippen LogP contribution >= 0.6 is 15.6 Å². The van der Waals surface area contributed by atoms with Crippen LogP contribution in [0.4, 0.5) is 0 Å². The fourth-order valence-electron chi connectivity index (χ4n) is 10.6. The topological polar surface area (TPSA) is 237 Å². The average Bonchev–Trinajstić information content (AvgIpc) is 0.931. The van der Waals surface area contributed by atoms with Crippen LogP contribution < -0.4 is 0 Å². The number of phosphoric ester groups is 2. The number of allylic oxidation sites excluding steroid dienone is 22. The molecule has 3 N–H and O–H groups in total. The van der Waals surface area contributed by atoms with Gasteiger partial charge in [0.2, 0.25) is 0 Å². The Labute approximate surface area is 631 Å². The number of carbonyl (C=O) groups excluding carboxylic acids is 4. The Morgan fingerprint density at radius 1 is 0.279 bits per heavy atom. The molecule has 19 heteroatoms. The Balaban J connectivity index is 5.37. The number of phosphoric acid groups is 2. The summed E-state index contributed by atoms with van der Waals surface area (Å²) in [5.74, 6) is -2.22. The van der Waals surface area contributed by atoms with Crippen molar-refractivity contribution in [2.45, 2.75) is 341 Å². The highest BCUT2D eigenvalue weighted by Gasteiger charge is 2.30. The van der Waals surface area contributed by atoms with Crippen LogP contribution in [-0.4, -0.2) is 96.7 Å². The minimum absolute atomic E-state index is 0.0607. The highest BCUT2D eigenvalue weighted by atomic mass is 31.2. The molecular formula is C85H144O17P2. The summed E-state index contributed by atoms with van der Waals surface area (Å²) in [5, 5.41) is 10.6. The molecule has 0 radical (unpaired) electrons. The van der Waals surface area contributed by atoms with E-state index in [-0.39, 0.29) is 25.7 Å². The van der Waals surface area contributed by atoms with Gasteiger partial charge in [-0.25, -0.2) is 9.13 Å². The summed E-state index contributed by atoms with van der Waals surface area (Å²) >= 11 is 0. The molecule has 0 aromatic rings. The van der Waals surface area contributed by atoms with Crippen LogP contribution in [0.5, 0.6) is 0 Å². The third-order valence-electron chi connectivity index (χ3n) is 16.6. The Kier molecular flexibility index (Phi) is 72.9. The van der Waals surface area contributed by atoms with E-state index in [9.17, 15) is 43.2 Å². The predicted octanol–water partition coefficient (Wildman–Crippen LogP) is 23.7. The molecule has 0 aliphatic heterocycles. The van der Waals surface area contributed by atoms with Gasteiger partial charge in [-0.3, -0.25) is 37.3 Å². The number of aliphatic hydroxyl groups is 1. The number of unbranched alkanes of at least 4 members (excludes halogenated alkanes) is 27. The van der Waals surface area contributed by atoms with E-state index in [1.807, 2.05) is 0 Å². The van der Waals surface area contributed by atoms with Crippen LogP contribution in [0.3, 0.4) is 0 Å². The Hall–Kier alpha value is -4.80. The smallest absolute Gasteiger partial charge is 0.462 e. The fourth-order valence-corrected chi connectivity index (χ4v) is 12.1. The zero-order valence-corrected chi connectivity index (χ0v) is 66.9. The van der Waals surface area contributed by atoms with Crippen LogP contribution in [0.2, 0.25) is 0 Å². The minimum atomic E-state index is -4.99. The maximum atomic E-state index is 13.1. The quantitative estimate of drug-likeness (QED) is 0.0169. The lowest BCUT2D eigenvalue weighted by molar-refractivity contribution is -0.161. The lowest BCUT2D eigenvalue weighted by atomic mass is 10.1. The minimum Gasteiger partial charge on any atom is -0.462 e. The first-order valence-electron chi connectivity index (χ1n) is 40.4. The molecule has 0 saturated heterocycles. The second-order valence-electron chi connectivity index (χ2n) is 26.6. The van der Waals surface area contributed by atoms with Crippen LogP contribution in [0.25, 0.3) is 0 Å². The van der Waals surface area contributed by atoms with Crippen molar-refractivity contribution in [1.82, 2.24) is 0 Å². The van der Waals surface area contributed by atoms with Gasteiger partial charge in [-0.15, -0.1) is 0 Å². The van der Waals surface area contributed by atoms with Gasteiger partial charge in [0.05, 0.1) is 26.4 Å². The second-order valence-corrected chi connectivity index (χ2v) is 29.5. The zero-order chi connectivity index (χ0) is 76.0. The molecule has 0 aliphatic rings. The number of aliphatic hydroxyl groups excluding tert-OH is 1. The van der Waals surface area contributed by atoms with Crippen molar-refractivity contribution < 1.29 is 80.2 Å². The van der Waals surface area contributed by atoms with Gasteiger partial charge in [-0.2, -0.15) is 0 Å². The van der Waals surface area contributed by atoms with Crippen LogP contribution in [0.15, 0.2) is 134 Å². The molecule has 0 heterocycles. The van der Waals surface area contributed by atoms with Crippen molar-refractivity contribution in [3.63, 3.8) is 0 Å². The van der Waals surface area contributed by atoms with E-state index in [4.69, 9.17) is 37.0 Å². The number of hydrogen-bond donors (Lipinski definition) is 3. The maximum Gasteiger partial charge on any atom is 0.472 e. The average molecular weight is 1500 g/mol. The number of ether oxygens (including phenoxy) is 4. The van der Waals surface area contributed by atoms with E-state index < -0.39 is 97.5 Å². The summed E-state index contributed by atoms with van der Waals surface area (Å²) in [6.07, 6.45) is 85.7. The van der Waals surface area contributed by atoms with Gasteiger partial charge < -0.3 is 33.8 Å². The largest absolute Gasteiger partial charge is 0.472 e. The third-order valence-corrected chi connectivity index (χ3v) is 18.5. The standard InChI is InChI=1S/C85H144O17P2/c1-5-9-13-17-21-25-29-32-35-38-39-42-44-47-51-54-58-62-66-70-83(88)96-76-81(102-85(90)72-68-64-60-56-52-48-45-41-37-34-31-27-23-19-15-11-7-3)78-100-104(93,94)98-74-79(86)73-97-103(91,92)99-77-80(101-84(89)71-67-63-59-55-49-28-24-20-16-12-8-4)75-95-82(87)69-65-61-57-53-50-46-43-40-36-33-30-26-22-18-14-10-6-2/h9-11,13-15,21-23,25-27,32-37,39,42,45,48,79-81,86H,5-8,12,16-20,24,28-31,38,40-41,43-44,46-47,49-78H2,1-4H3,(H,91,92)(H,93,94)/b13-9-,14-10-,15-11-,25-21-,26-22-,27-23-,35-32-,36-33-,37-34-,42-39-,48-45-. The highest BCUT2D eigenvalue weighted by molar-refractivity contribution is 7.47. The van der Waals surface area contributed by atoms with Crippen LogP contribution in [0.1, 0.15) is 323 Å². The molecule has 0 aromatic heterocycles. The molecule has 0 spiro atoms. The molecular weight excluding hydrogens is 1350 g/mol. The summed E-state index contributed by atoms with van der Waals surface area (Å²) in [6.45, 7) is 4.50. The predicted molar refractivity (Wildman–Crippen MR) is 427 cm³/mol. The number of hydrogen-bond acceptors (Lipinski definition) is 15. The molecule has 0 amide bonds. The second kappa shape index (κ2) is 76.4. The molecule has 5 unspecified atom stereocenters. The summed E-state index contributed by atoms with van der Waals surface area (Å²) in [4.78, 5) is 73.0. The lowest BCUT2D eigenvalue weighted by Gasteiger charge is -2.21. The SMILES string of the molecule is CC/C=C\C/C=C\C/C=C\C/C=C\CCCCCCCCC(=O)OCC(COP(=O)(O)OCC(O)COP(=O)(O)OCC(COC(=O)CCCCCCCCC/C=C\C/C=C\C/C=C\CC)OC(=O)CCCCCCCCCCCCC)OC(=O)CCCCCC/C=C\C/C=C\C/C=C\C/C=C\CC. The molecule has 17 nitrogen and oxygen atoms in total. The molecule has 0 aliphatic carbocycles. The highest BCUT2D eigenvalue weighted by Crippen LogP contribution is 2.45. The van der Waals surface area contributed by atoms with Crippen molar-refractivity contribution in [1.29, 1.82) is 0 Å². The number of rotatable bonds is 75. The van der Waals surface area contributed by atoms with Crippen molar-refractivity contribution >= 4 is 39.5 Å². The molecule has 0 bridgehead atoms. The van der Waals surface area contributed by atoms with E-state index in [1.54, 1.807) is 0 Å². The van der Waals surface area contributed by atoms with E-state index in [1.165, 1.54) is 38.5 Å². The molecule has 0 rings (SSSR count). The van der Waals surface area contributed by atoms with Gasteiger partial charge in [-0.1, -0.05) is 296 Å². The van der Waals surface area contributed by atoms with Gasteiger partial charge in [0, 0.05) is 25.7 Å². The van der Waals surface area contributed by atoms with Gasteiger partial charge in [0.15, 0.2) is 12.2 Å². The van der Waals surface area contributed by atoms with E-state index in [0.717, 1.165) is 205 Å². The van der Waals surface area contributed by atoms with Gasteiger partial charge >= 0.3 is 39.5 Å². The molecule has 0 fully saturated rings. The Morgan fingerprint density at radius 2 is 0.500 bits per heavy atom. The Bertz CT molecular complexity index is 2490. The van der Waals surface area contributed by atoms with Crippen molar-refractivity contribution in [3.05, 3.63) is 134 Å². The third kappa shape index (κ3) is 75.4. The zero-order valence-electron chi connectivity index (χ0n) is 65.2. The maximum absolute atomic E-state index is 13.1. The normalized spacial score (nSPS) is 14.6. The first-order valence-corrected chi connectivity index (χ1v) is 43.4. The van der Waals surface area contributed by atoms with Gasteiger partial charge in [0.25, 0.3) is 0 Å². The van der Waals surface area contributed by atoms with Crippen LogP contribution in [-0.2, 0) is 65.4 Å². The summed E-state index contributed by atoms with van der Waals surface area (Å²) < 4.78 is 68.6. The first-order chi connectivity index (χ1) is 50.7. The molecule has 5 atom stereocenters. The van der Waals surface area contributed by atoms with Crippen molar-refractivity contribution in [3.8, 4) is 0 Å². The van der Waals surface area contributed by atoms with Crippen LogP contribution in [0, 0.1) is 0 Å². The summed E-state index contributed by atoms with van der Waals surface area (Å²) in [5.41, 5.74) is 0. The summed E-state index contributed by atoms with van der Waals surface area (Å²) in [6, 6.07) is 0. The molecule has 104 heavy (non-hydrogen) atoms. The van der Waals surface area contributed by atoms with E-state index in [0.29, 0.717) is 25.7 Å². The number of esters is 4.